The van der Waals surface area contributed by atoms with Gasteiger partial charge in [-0.05, 0) is 55.2 Å². The molecule has 2 heterocycles. The van der Waals surface area contributed by atoms with Crippen LogP contribution in [0.2, 0.25) is 0 Å². The maximum Gasteiger partial charge on any atom is 0.235 e. The zero-order valence-electron chi connectivity index (χ0n) is 15.9. The van der Waals surface area contributed by atoms with E-state index in [0.717, 1.165) is 24.3 Å². The van der Waals surface area contributed by atoms with Gasteiger partial charge in [-0.15, -0.1) is 0 Å². The average molecular weight is 389 g/mol. The summed E-state index contributed by atoms with van der Waals surface area (Å²) in [6, 6.07) is 16.7. The normalized spacial score (nSPS) is 18.1. The molecule has 0 saturated carbocycles. The minimum atomic E-state index is -1.57. The Morgan fingerprint density at radius 3 is 2.34 bits per heavy atom. The molecule has 6 heteroatoms. The lowest BCUT2D eigenvalue weighted by Gasteiger charge is -2.28. The molecule has 0 unspecified atom stereocenters. The van der Waals surface area contributed by atoms with Crippen LogP contribution < -0.4 is 15.3 Å². The van der Waals surface area contributed by atoms with Gasteiger partial charge in [0.25, 0.3) is 0 Å². The number of carboxylic acids is 1. The summed E-state index contributed by atoms with van der Waals surface area (Å²) in [5.74, 6) is -2.45. The van der Waals surface area contributed by atoms with Crippen LogP contribution in [0.1, 0.15) is 24.8 Å². The SMILES string of the molecule is O=C([O-])C1=C(Nc2ccccc2)O/C(=C\c2ccc(N3CCCCC3)cc2)C1=O. The third-order valence-electron chi connectivity index (χ3n) is 5.04. The molecule has 0 atom stereocenters. The van der Waals surface area contributed by atoms with Crippen molar-refractivity contribution in [2.75, 3.05) is 23.3 Å². The summed E-state index contributed by atoms with van der Waals surface area (Å²) >= 11 is 0. The smallest absolute Gasteiger partial charge is 0.235 e. The first-order valence-electron chi connectivity index (χ1n) is 9.69. The number of benzene rings is 2. The highest BCUT2D eigenvalue weighted by Gasteiger charge is 2.31. The van der Waals surface area contributed by atoms with E-state index in [4.69, 9.17) is 4.74 Å². The van der Waals surface area contributed by atoms with Gasteiger partial charge in [0.15, 0.2) is 5.76 Å². The summed E-state index contributed by atoms with van der Waals surface area (Å²) in [6.07, 6.45) is 5.21. The molecule has 2 aromatic rings. The van der Waals surface area contributed by atoms with Crippen molar-refractivity contribution >= 4 is 29.2 Å². The number of Topliss-reactive ketones (excluding diaryl/α,β-unsaturated/α-hetero) is 1. The van der Waals surface area contributed by atoms with Crippen LogP contribution in [0.15, 0.2) is 71.8 Å². The molecule has 0 bridgehead atoms. The maximum atomic E-state index is 12.5. The second-order valence-corrected chi connectivity index (χ2v) is 7.06. The predicted molar refractivity (Wildman–Crippen MR) is 109 cm³/mol. The Labute approximate surface area is 169 Å². The van der Waals surface area contributed by atoms with E-state index in [0.29, 0.717) is 5.69 Å². The Kier molecular flexibility index (Phi) is 5.33. The number of hydrogen-bond donors (Lipinski definition) is 1. The van der Waals surface area contributed by atoms with Gasteiger partial charge in [-0.1, -0.05) is 30.3 Å². The number of ketones is 1. The number of carboxylic acid groups (broad SMARTS) is 1. The van der Waals surface area contributed by atoms with Crippen LogP contribution in [0.5, 0.6) is 0 Å². The van der Waals surface area contributed by atoms with Gasteiger partial charge in [0.1, 0.15) is 5.57 Å². The number of carbonyl (C=O) groups excluding carboxylic acids is 2. The largest absolute Gasteiger partial charge is 0.544 e. The third kappa shape index (κ3) is 4.16. The molecule has 2 aromatic carbocycles. The zero-order chi connectivity index (χ0) is 20.2. The molecular weight excluding hydrogens is 368 g/mol. The maximum absolute atomic E-state index is 12.5. The molecule has 0 spiro atoms. The van der Waals surface area contributed by atoms with E-state index in [1.54, 1.807) is 30.3 Å². The number of rotatable bonds is 5. The topological polar surface area (TPSA) is 81.7 Å². The summed E-state index contributed by atoms with van der Waals surface area (Å²) in [4.78, 5) is 26.4. The fourth-order valence-electron chi connectivity index (χ4n) is 3.54. The Morgan fingerprint density at radius 2 is 1.69 bits per heavy atom. The monoisotopic (exact) mass is 389 g/mol. The first-order valence-corrected chi connectivity index (χ1v) is 9.69. The fraction of sp³-hybridized carbons (Fsp3) is 0.217. The summed E-state index contributed by atoms with van der Waals surface area (Å²) in [5.41, 5.74) is 2.00. The molecule has 0 aliphatic carbocycles. The minimum Gasteiger partial charge on any atom is -0.544 e. The molecule has 4 rings (SSSR count). The second kappa shape index (κ2) is 8.22. The van der Waals surface area contributed by atoms with E-state index >= 15 is 0 Å². The predicted octanol–water partition coefficient (Wildman–Crippen LogP) is 2.69. The van der Waals surface area contributed by atoms with Crippen molar-refractivity contribution in [3.05, 3.63) is 77.4 Å². The number of ether oxygens (including phenoxy) is 1. The molecule has 6 nitrogen and oxygen atoms in total. The number of hydrogen-bond acceptors (Lipinski definition) is 6. The standard InChI is InChI=1S/C23H22N2O4/c26-21-19(15-16-9-11-18(12-10-16)25-13-5-2-6-14-25)29-22(20(21)23(27)28)24-17-7-3-1-4-8-17/h1,3-4,7-12,15,24H,2,5-6,13-14H2,(H,27,28)/p-1/b19-15-. The van der Waals surface area contributed by atoms with Crippen molar-refractivity contribution in [1.82, 2.24) is 0 Å². The quantitative estimate of drug-likeness (QED) is 0.626. The van der Waals surface area contributed by atoms with Crippen molar-refractivity contribution in [3.63, 3.8) is 0 Å². The summed E-state index contributed by atoms with van der Waals surface area (Å²) < 4.78 is 5.55. The molecule has 1 saturated heterocycles. The second-order valence-electron chi connectivity index (χ2n) is 7.06. The number of aliphatic carboxylic acids is 1. The Hall–Kier alpha value is -3.54. The number of carbonyl (C=O) groups is 2. The van der Waals surface area contributed by atoms with E-state index in [2.05, 4.69) is 10.2 Å². The lowest BCUT2D eigenvalue weighted by Crippen LogP contribution is -2.29. The Bertz CT molecular complexity index is 972. The molecule has 0 aromatic heterocycles. The molecule has 1 fully saturated rings. The van der Waals surface area contributed by atoms with Gasteiger partial charge < -0.3 is 24.9 Å². The fourth-order valence-corrected chi connectivity index (χ4v) is 3.54. The van der Waals surface area contributed by atoms with E-state index in [1.165, 1.54) is 19.3 Å². The number of anilines is 2. The van der Waals surface area contributed by atoms with Crippen LogP contribution in [0, 0.1) is 0 Å². The zero-order valence-corrected chi connectivity index (χ0v) is 15.9. The Balaban J connectivity index is 1.54. The van der Waals surface area contributed by atoms with Gasteiger partial charge in [0.05, 0.1) is 5.97 Å². The molecule has 0 radical (unpaired) electrons. The number of piperidine rings is 1. The number of nitrogens with zero attached hydrogens (tertiary/aromatic N) is 1. The van der Waals surface area contributed by atoms with Crippen molar-refractivity contribution < 1.29 is 19.4 Å². The van der Waals surface area contributed by atoms with Crippen LogP contribution in [0.4, 0.5) is 11.4 Å². The third-order valence-corrected chi connectivity index (χ3v) is 5.04. The van der Waals surface area contributed by atoms with E-state index < -0.39 is 17.3 Å². The highest BCUT2D eigenvalue weighted by molar-refractivity contribution is 6.25. The van der Waals surface area contributed by atoms with Gasteiger partial charge in [-0.25, -0.2) is 0 Å². The summed E-state index contributed by atoms with van der Waals surface area (Å²) in [6.45, 7) is 2.10. The average Bonchev–Trinajstić information content (AvgIpc) is 3.05. The van der Waals surface area contributed by atoms with Crippen molar-refractivity contribution in [2.45, 2.75) is 19.3 Å². The van der Waals surface area contributed by atoms with Crippen LogP contribution in [-0.4, -0.2) is 24.8 Å². The van der Waals surface area contributed by atoms with E-state index in [9.17, 15) is 14.7 Å². The molecular formula is C23H21N2O4-. The molecule has 148 valence electrons. The number of allylic oxidation sites excluding steroid dienone is 1. The number of nitrogens with one attached hydrogen (secondary N) is 1. The van der Waals surface area contributed by atoms with Gasteiger partial charge >= 0.3 is 0 Å². The van der Waals surface area contributed by atoms with Crippen molar-refractivity contribution in [3.8, 4) is 0 Å². The van der Waals surface area contributed by atoms with Crippen LogP contribution >= 0.6 is 0 Å². The molecule has 2 aliphatic rings. The van der Waals surface area contributed by atoms with Gasteiger partial charge in [-0.2, -0.15) is 0 Å². The highest BCUT2D eigenvalue weighted by atomic mass is 16.5. The lowest BCUT2D eigenvalue weighted by atomic mass is 10.1. The summed E-state index contributed by atoms with van der Waals surface area (Å²) in [5, 5.41) is 14.3. The summed E-state index contributed by atoms with van der Waals surface area (Å²) in [7, 11) is 0. The van der Waals surface area contributed by atoms with Crippen molar-refractivity contribution in [2.24, 2.45) is 0 Å². The molecule has 0 amide bonds. The Morgan fingerprint density at radius 1 is 1.00 bits per heavy atom. The molecule has 29 heavy (non-hydrogen) atoms. The van der Waals surface area contributed by atoms with Crippen molar-refractivity contribution in [1.29, 1.82) is 0 Å². The van der Waals surface area contributed by atoms with Crippen LogP contribution in [0.3, 0.4) is 0 Å². The van der Waals surface area contributed by atoms with E-state index in [-0.39, 0.29) is 11.6 Å². The molecule has 2 aliphatic heterocycles. The highest BCUT2D eigenvalue weighted by Crippen LogP contribution is 2.28. The molecule has 1 N–H and O–H groups in total. The van der Waals surface area contributed by atoms with Gasteiger partial charge in [0, 0.05) is 24.5 Å². The van der Waals surface area contributed by atoms with Gasteiger partial charge in [0.2, 0.25) is 11.7 Å². The van der Waals surface area contributed by atoms with E-state index in [1.807, 2.05) is 30.3 Å². The van der Waals surface area contributed by atoms with Crippen LogP contribution in [-0.2, 0) is 14.3 Å². The lowest BCUT2D eigenvalue weighted by molar-refractivity contribution is -0.298. The first-order chi connectivity index (χ1) is 14.1. The minimum absolute atomic E-state index is 0.0478. The van der Waals surface area contributed by atoms with Gasteiger partial charge in [-0.3, -0.25) is 4.79 Å². The number of para-hydroxylation sites is 1. The van der Waals surface area contributed by atoms with Crippen LogP contribution in [0.25, 0.3) is 6.08 Å². The first kappa shape index (κ1) is 18.8.